The first-order valence-corrected chi connectivity index (χ1v) is 50.5. The molecule has 18 rings (SSSR count). The van der Waals surface area contributed by atoms with Crippen molar-refractivity contribution in [3.63, 3.8) is 0 Å². The van der Waals surface area contributed by atoms with Gasteiger partial charge in [-0.15, -0.1) is 0 Å². The van der Waals surface area contributed by atoms with Gasteiger partial charge >= 0.3 is 5.97 Å². The highest BCUT2D eigenvalue weighted by molar-refractivity contribution is 7.08. The zero-order chi connectivity index (χ0) is 80.1. The molecule has 0 N–H and O–H groups in total. The summed E-state index contributed by atoms with van der Waals surface area (Å²) in [6, 6.07) is 135. The molecule has 116 heavy (non-hydrogen) atoms. The molecule has 3 heterocycles. The summed E-state index contributed by atoms with van der Waals surface area (Å²) in [5.41, 5.74) is 14.7. The summed E-state index contributed by atoms with van der Waals surface area (Å²) in [7, 11) is -9.23. The SMILES string of the molecule is C=C(C)C(=O)Oc1ccc([Si](C)(C)c2ccc(-n3c4ccccc4c4ccccc43)cc2)cc1.C=CCOc1ccc([Si](C)(C)c2ccc(-n3c4ccccc4c4ccccc43)cc2)cc1.C=Cc1ccc(-c2ccc([Si](C)(O[Si](C)(c3ccccc3)c3ccc(-n4c5ccccc5c5ccccc54)cc3)c3ccccc3)cc2)cc1. The zero-order valence-electron chi connectivity index (χ0n) is 66.8. The Balaban J connectivity index is 0.000000135. The smallest absolute Gasteiger partial charge is 0.338 e. The molecule has 568 valence electrons. The molecule has 2 unspecified atom stereocenters. The van der Waals surface area contributed by atoms with Crippen LogP contribution in [0.25, 0.3) is 99.7 Å². The van der Waals surface area contributed by atoms with Crippen LogP contribution in [0.15, 0.2) is 408 Å². The lowest BCUT2D eigenvalue weighted by Gasteiger charge is -2.39. The Bertz CT molecular complexity index is 6440. The highest BCUT2D eigenvalue weighted by Gasteiger charge is 2.45. The summed E-state index contributed by atoms with van der Waals surface area (Å²) in [5.74, 6) is 1.04. The first kappa shape index (κ1) is 77.0. The fourth-order valence-electron chi connectivity index (χ4n) is 16.5. The fourth-order valence-corrected chi connectivity index (χ4v) is 30.2. The van der Waals surface area contributed by atoms with Crippen molar-refractivity contribution in [3.8, 4) is 39.7 Å². The van der Waals surface area contributed by atoms with E-state index in [9.17, 15) is 4.79 Å². The van der Waals surface area contributed by atoms with Crippen LogP contribution in [0.4, 0.5) is 0 Å². The maximum absolute atomic E-state index is 11.8. The van der Waals surface area contributed by atoms with Crippen LogP contribution >= 0.6 is 0 Å². The van der Waals surface area contributed by atoms with Gasteiger partial charge in [-0.1, -0.05) is 358 Å². The summed E-state index contributed by atoms with van der Waals surface area (Å²) < 4.78 is 26.0. The van der Waals surface area contributed by atoms with E-state index in [-0.39, 0.29) is 0 Å². The number of para-hydroxylation sites is 6. The third kappa shape index (κ3) is 15.1. The molecule has 2 atom stereocenters. The molecule has 15 aromatic carbocycles. The Morgan fingerprint density at radius 3 is 0.871 bits per heavy atom. The third-order valence-electron chi connectivity index (χ3n) is 23.2. The van der Waals surface area contributed by atoms with Crippen LogP contribution in [-0.2, 0) is 8.91 Å². The summed E-state index contributed by atoms with van der Waals surface area (Å²) in [4.78, 5) is 11.8. The van der Waals surface area contributed by atoms with Gasteiger partial charge in [-0.05, 0) is 155 Å². The van der Waals surface area contributed by atoms with Crippen molar-refractivity contribution in [1.82, 2.24) is 13.7 Å². The van der Waals surface area contributed by atoms with Crippen molar-refractivity contribution in [3.05, 3.63) is 413 Å². The van der Waals surface area contributed by atoms with E-state index < -0.39 is 38.8 Å². The Kier molecular flexibility index (Phi) is 21.8. The van der Waals surface area contributed by atoms with E-state index in [1.807, 2.05) is 18.2 Å². The van der Waals surface area contributed by atoms with E-state index in [1.165, 1.54) is 124 Å². The number of carbonyl (C=O) groups excluding carboxylic acids is 1. The van der Waals surface area contributed by atoms with Gasteiger partial charge in [-0.2, -0.15) is 0 Å². The van der Waals surface area contributed by atoms with Crippen LogP contribution in [0.3, 0.4) is 0 Å². The van der Waals surface area contributed by atoms with Gasteiger partial charge in [0, 0.05) is 55.0 Å². The number of fused-ring (bicyclic) bond motifs is 9. The van der Waals surface area contributed by atoms with Crippen molar-refractivity contribution in [2.75, 3.05) is 6.61 Å². The second kappa shape index (κ2) is 32.9. The van der Waals surface area contributed by atoms with E-state index in [0.717, 1.165) is 22.7 Å². The lowest BCUT2D eigenvalue weighted by Crippen LogP contribution is -2.70. The summed E-state index contributed by atoms with van der Waals surface area (Å²) in [6.45, 7) is 27.7. The predicted molar refractivity (Wildman–Crippen MR) is 503 cm³/mol. The molecule has 11 heteroatoms. The number of hydrogen-bond donors (Lipinski definition) is 0. The average Bonchev–Trinajstić information content (AvgIpc) is 1.27. The Labute approximate surface area is 684 Å². The van der Waals surface area contributed by atoms with Crippen molar-refractivity contribution < 1.29 is 18.4 Å². The van der Waals surface area contributed by atoms with E-state index in [0.29, 0.717) is 17.9 Å². The van der Waals surface area contributed by atoms with Gasteiger partial charge in [-0.25, -0.2) is 4.79 Å². The summed E-state index contributed by atoms with van der Waals surface area (Å²) in [5, 5.41) is 18.1. The number of esters is 1. The van der Waals surface area contributed by atoms with Crippen molar-refractivity contribution in [2.24, 2.45) is 0 Å². The summed E-state index contributed by atoms with van der Waals surface area (Å²) >= 11 is 0. The van der Waals surface area contributed by atoms with Crippen LogP contribution in [0.2, 0.25) is 39.3 Å². The number of benzene rings is 15. The highest BCUT2D eigenvalue weighted by Crippen LogP contribution is 2.36. The molecule has 0 fully saturated rings. The monoisotopic (exact) mass is 1570 g/mol. The fraction of sp³-hybridized carbons (Fsp3) is 0.0762. The minimum atomic E-state index is -2.76. The van der Waals surface area contributed by atoms with Crippen molar-refractivity contribution >= 4 is 152 Å². The number of nitrogens with zero attached hydrogens (tertiary/aromatic N) is 3. The second-order valence-electron chi connectivity index (χ2n) is 31.1. The molecule has 0 aliphatic heterocycles. The zero-order valence-corrected chi connectivity index (χ0v) is 70.8. The largest absolute Gasteiger partial charge is 0.490 e. The van der Waals surface area contributed by atoms with Crippen LogP contribution in [0.1, 0.15) is 12.5 Å². The first-order valence-electron chi connectivity index (χ1n) is 39.7. The molecule has 0 aliphatic carbocycles. The van der Waals surface area contributed by atoms with Gasteiger partial charge < -0.3 is 27.3 Å². The van der Waals surface area contributed by atoms with Crippen LogP contribution in [0, 0.1) is 0 Å². The maximum atomic E-state index is 11.8. The average molecular weight is 1570 g/mol. The van der Waals surface area contributed by atoms with Crippen LogP contribution in [0.5, 0.6) is 11.5 Å². The molecule has 18 aromatic rings. The van der Waals surface area contributed by atoms with E-state index in [4.69, 9.17) is 13.6 Å². The Hall–Kier alpha value is -13.0. The van der Waals surface area contributed by atoms with Gasteiger partial charge in [0.1, 0.15) is 34.3 Å². The molecular formula is C105H93N3O4Si4. The molecule has 0 aliphatic rings. The minimum Gasteiger partial charge on any atom is -0.490 e. The van der Waals surface area contributed by atoms with Gasteiger partial charge in [0.15, 0.2) is 0 Å². The second-order valence-corrected chi connectivity index (χ2v) is 47.2. The van der Waals surface area contributed by atoms with E-state index >= 15 is 0 Å². The van der Waals surface area contributed by atoms with Crippen LogP contribution in [-0.4, -0.2) is 59.1 Å². The Morgan fingerprint density at radius 2 is 0.569 bits per heavy atom. The molecule has 3 aromatic heterocycles. The van der Waals surface area contributed by atoms with Gasteiger partial charge in [0.25, 0.3) is 0 Å². The molecule has 0 radical (unpaired) electrons. The van der Waals surface area contributed by atoms with E-state index in [2.05, 4.69) is 437 Å². The molecule has 0 saturated carbocycles. The van der Waals surface area contributed by atoms with Crippen LogP contribution < -0.4 is 51.0 Å². The molecule has 0 spiro atoms. The Morgan fingerprint density at radius 1 is 0.310 bits per heavy atom. The maximum Gasteiger partial charge on any atom is 0.338 e. The van der Waals surface area contributed by atoms with Gasteiger partial charge in [0.05, 0.1) is 33.1 Å². The molecular weight excluding hydrogens is 1480 g/mol. The molecule has 0 bridgehead atoms. The summed E-state index contributed by atoms with van der Waals surface area (Å²) in [6.07, 6.45) is 3.65. The number of carbonyl (C=O) groups is 1. The normalized spacial score (nSPS) is 12.6. The quantitative estimate of drug-likeness (QED) is 0.0251. The lowest BCUT2D eigenvalue weighted by atomic mass is 10.0. The molecule has 0 saturated heterocycles. The topological polar surface area (TPSA) is 59.6 Å². The number of rotatable bonds is 20. The number of hydrogen-bond acceptors (Lipinski definition) is 4. The number of ether oxygens (including phenoxy) is 2. The molecule has 0 amide bonds. The lowest BCUT2D eigenvalue weighted by molar-refractivity contribution is -0.130. The van der Waals surface area contributed by atoms with Gasteiger partial charge in [-0.3, -0.25) is 0 Å². The minimum absolute atomic E-state index is 0.391. The van der Waals surface area contributed by atoms with Gasteiger partial charge in [0.2, 0.25) is 16.6 Å². The predicted octanol–water partition coefficient (Wildman–Crippen LogP) is 21.4. The standard InChI is InChI=1S/C46H39NOSi2.C30H27NO2Si.C29H27NOSi/c1-4-35-23-25-36(26-24-35)37-27-31-41(32-28-37)49(2,39-15-7-5-8-16-39)48-50(3,40-17-9-6-10-18-40)42-33-29-38(30-34-42)47-45-21-13-11-19-43(45)44-20-12-14-22-46(44)47;1-21(2)30(32)33-23-15-19-25(20-16-23)34(3,4)24-17-13-22(14-18-24)31-28-11-7-5-9-26(28)27-10-6-8-12-29(27)31;1-4-21-31-23-15-19-25(20-16-23)32(2,3)24-17-13-22(14-18-24)30-28-11-7-5-9-26(28)27-10-6-8-12-29(27)30/h4-34H,1H2,2-3H3;5-20H,1H2,2-4H3;4-20H,1,21H2,2-3H3. The van der Waals surface area contributed by atoms with Crippen molar-refractivity contribution in [2.45, 2.75) is 46.2 Å². The molecule has 7 nitrogen and oxygen atoms in total. The first-order chi connectivity index (χ1) is 56.4. The van der Waals surface area contributed by atoms with E-state index in [1.54, 1.807) is 13.0 Å². The third-order valence-corrected chi connectivity index (χ3v) is 39.3. The van der Waals surface area contributed by atoms with Crippen molar-refractivity contribution in [1.29, 1.82) is 0 Å². The number of aromatic nitrogens is 3. The highest BCUT2D eigenvalue weighted by atomic mass is 28.4.